The van der Waals surface area contributed by atoms with Gasteiger partial charge in [-0.1, -0.05) is 29.3 Å². The third-order valence-electron chi connectivity index (χ3n) is 2.40. The third kappa shape index (κ3) is 2.58. The fourth-order valence-corrected chi connectivity index (χ4v) is 2.12. The van der Waals surface area contributed by atoms with Crippen molar-refractivity contribution in [3.63, 3.8) is 0 Å². The maximum atomic E-state index is 8.78. The van der Waals surface area contributed by atoms with Crippen LogP contribution in [0.3, 0.4) is 0 Å². The summed E-state index contributed by atoms with van der Waals surface area (Å²) in [6.07, 6.45) is 3.71. The molecule has 0 amide bonds. The molecule has 0 aliphatic heterocycles. The van der Waals surface area contributed by atoms with Gasteiger partial charge in [0.05, 0.1) is 12.5 Å². The summed E-state index contributed by atoms with van der Waals surface area (Å²) in [6, 6.07) is 9.24. The summed E-state index contributed by atoms with van der Waals surface area (Å²) in [7, 11) is 0. The lowest BCUT2D eigenvalue weighted by Gasteiger charge is -2.08. The minimum absolute atomic E-state index is 0.330. The molecule has 0 saturated heterocycles. The Bertz CT molecular complexity index is 588. The summed E-state index contributed by atoms with van der Waals surface area (Å²) >= 11 is 12.0. The molecule has 0 fully saturated rings. The van der Waals surface area contributed by atoms with Gasteiger partial charge in [-0.2, -0.15) is 5.26 Å². The zero-order valence-electron chi connectivity index (χ0n) is 8.82. The SMILES string of the molecule is N#CCc1ccncc1-c1ccc(Cl)cc1Cl. The zero-order chi connectivity index (χ0) is 12.3. The molecule has 4 heteroatoms. The number of benzene rings is 1. The molecule has 2 aromatic rings. The Kier molecular flexibility index (Phi) is 3.63. The van der Waals surface area contributed by atoms with Crippen LogP contribution in [0.15, 0.2) is 36.7 Å². The quantitative estimate of drug-likeness (QED) is 0.817. The van der Waals surface area contributed by atoms with Gasteiger partial charge in [0.1, 0.15) is 0 Å². The van der Waals surface area contributed by atoms with E-state index in [1.807, 2.05) is 12.1 Å². The minimum atomic E-state index is 0.330. The van der Waals surface area contributed by atoms with Crippen molar-refractivity contribution in [2.24, 2.45) is 0 Å². The van der Waals surface area contributed by atoms with E-state index in [1.165, 1.54) is 0 Å². The zero-order valence-corrected chi connectivity index (χ0v) is 10.3. The lowest BCUT2D eigenvalue weighted by molar-refractivity contribution is 1.21. The van der Waals surface area contributed by atoms with Gasteiger partial charge in [0, 0.05) is 33.6 Å². The molecule has 0 aliphatic rings. The topological polar surface area (TPSA) is 36.7 Å². The Morgan fingerprint density at radius 1 is 1.18 bits per heavy atom. The Morgan fingerprint density at radius 3 is 2.71 bits per heavy atom. The summed E-state index contributed by atoms with van der Waals surface area (Å²) in [4.78, 5) is 4.07. The Labute approximate surface area is 109 Å². The molecular weight excluding hydrogens is 255 g/mol. The second-order valence-corrected chi connectivity index (χ2v) is 4.34. The highest BCUT2D eigenvalue weighted by atomic mass is 35.5. The van der Waals surface area contributed by atoms with E-state index in [0.717, 1.165) is 16.7 Å². The number of aromatic nitrogens is 1. The van der Waals surface area contributed by atoms with Crippen LogP contribution in [0.25, 0.3) is 11.1 Å². The van der Waals surface area contributed by atoms with E-state index in [1.54, 1.807) is 24.5 Å². The Morgan fingerprint density at radius 2 is 2.00 bits per heavy atom. The van der Waals surface area contributed by atoms with Crippen LogP contribution in [0, 0.1) is 11.3 Å². The summed E-state index contributed by atoms with van der Waals surface area (Å²) in [5, 5.41) is 9.93. The molecule has 0 atom stereocenters. The summed E-state index contributed by atoms with van der Waals surface area (Å²) in [5.41, 5.74) is 2.62. The molecule has 0 radical (unpaired) electrons. The first-order valence-corrected chi connectivity index (χ1v) is 5.73. The third-order valence-corrected chi connectivity index (χ3v) is 2.95. The van der Waals surface area contributed by atoms with Crippen molar-refractivity contribution in [2.45, 2.75) is 6.42 Å². The van der Waals surface area contributed by atoms with Gasteiger partial charge < -0.3 is 0 Å². The standard InChI is InChI=1S/C13H8Cl2N2/c14-10-1-2-11(13(15)7-10)12-8-17-6-4-9(12)3-5-16/h1-2,4,6-8H,3H2. The van der Waals surface area contributed by atoms with Crippen molar-refractivity contribution >= 4 is 23.2 Å². The number of hydrogen-bond donors (Lipinski definition) is 0. The highest BCUT2D eigenvalue weighted by molar-refractivity contribution is 6.36. The number of pyridine rings is 1. The number of nitrogens with zero attached hydrogens (tertiary/aromatic N) is 2. The van der Waals surface area contributed by atoms with E-state index in [-0.39, 0.29) is 0 Å². The van der Waals surface area contributed by atoms with Crippen molar-refractivity contribution in [2.75, 3.05) is 0 Å². The smallest absolute Gasteiger partial charge is 0.0669 e. The fourth-order valence-electron chi connectivity index (χ4n) is 1.61. The predicted octanol–water partition coefficient (Wildman–Crippen LogP) is 4.12. The molecule has 17 heavy (non-hydrogen) atoms. The predicted molar refractivity (Wildman–Crippen MR) is 69.0 cm³/mol. The van der Waals surface area contributed by atoms with Gasteiger partial charge in [0.15, 0.2) is 0 Å². The maximum absolute atomic E-state index is 8.78. The average Bonchev–Trinajstić information content (AvgIpc) is 2.31. The highest BCUT2D eigenvalue weighted by Gasteiger charge is 2.08. The normalized spacial score (nSPS) is 9.94. The van der Waals surface area contributed by atoms with Crippen LogP contribution in [0.5, 0.6) is 0 Å². The molecule has 1 aromatic heterocycles. The van der Waals surface area contributed by atoms with E-state index in [2.05, 4.69) is 11.1 Å². The van der Waals surface area contributed by atoms with Crippen LogP contribution in [0.2, 0.25) is 10.0 Å². The van der Waals surface area contributed by atoms with Crippen LogP contribution in [0.4, 0.5) is 0 Å². The van der Waals surface area contributed by atoms with Gasteiger partial charge in [0.25, 0.3) is 0 Å². The average molecular weight is 263 g/mol. The molecule has 84 valence electrons. The van der Waals surface area contributed by atoms with E-state index in [4.69, 9.17) is 28.5 Å². The second kappa shape index (κ2) is 5.18. The number of halogens is 2. The molecule has 0 aliphatic carbocycles. The Balaban J connectivity index is 2.57. The monoisotopic (exact) mass is 262 g/mol. The first kappa shape index (κ1) is 11.9. The van der Waals surface area contributed by atoms with E-state index in [9.17, 15) is 0 Å². The van der Waals surface area contributed by atoms with Crippen molar-refractivity contribution in [3.8, 4) is 17.2 Å². The lowest BCUT2D eigenvalue weighted by Crippen LogP contribution is -1.90. The maximum Gasteiger partial charge on any atom is 0.0669 e. The summed E-state index contributed by atoms with van der Waals surface area (Å²) < 4.78 is 0. The molecule has 1 heterocycles. The van der Waals surface area contributed by atoms with Crippen molar-refractivity contribution < 1.29 is 0 Å². The molecule has 0 saturated carbocycles. The molecular formula is C13H8Cl2N2. The van der Waals surface area contributed by atoms with Gasteiger partial charge >= 0.3 is 0 Å². The molecule has 0 spiro atoms. The first-order valence-electron chi connectivity index (χ1n) is 4.97. The van der Waals surface area contributed by atoms with Gasteiger partial charge in [-0.3, -0.25) is 4.98 Å². The van der Waals surface area contributed by atoms with Gasteiger partial charge in [0.2, 0.25) is 0 Å². The van der Waals surface area contributed by atoms with Crippen LogP contribution >= 0.6 is 23.2 Å². The molecule has 0 bridgehead atoms. The molecule has 0 N–H and O–H groups in total. The minimum Gasteiger partial charge on any atom is -0.264 e. The fraction of sp³-hybridized carbons (Fsp3) is 0.0769. The molecule has 1 aromatic carbocycles. The highest BCUT2D eigenvalue weighted by Crippen LogP contribution is 2.32. The first-order chi connectivity index (χ1) is 8.22. The van der Waals surface area contributed by atoms with Crippen molar-refractivity contribution in [3.05, 3.63) is 52.3 Å². The molecule has 2 nitrogen and oxygen atoms in total. The van der Waals surface area contributed by atoms with Gasteiger partial charge in [-0.25, -0.2) is 0 Å². The van der Waals surface area contributed by atoms with Crippen LogP contribution in [-0.2, 0) is 6.42 Å². The van der Waals surface area contributed by atoms with Crippen LogP contribution < -0.4 is 0 Å². The summed E-state index contributed by atoms with van der Waals surface area (Å²) in [5.74, 6) is 0. The van der Waals surface area contributed by atoms with E-state index in [0.29, 0.717) is 16.5 Å². The van der Waals surface area contributed by atoms with Crippen molar-refractivity contribution in [1.82, 2.24) is 4.98 Å². The Hall–Kier alpha value is -1.56. The second-order valence-electron chi connectivity index (χ2n) is 3.49. The van der Waals surface area contributed by atoms with Crippen molar-refractivity contribution in [1.29, 1.82) is 5.26 Å². The number of rotatable bonds is 2. The number of nitriles is 1. The summed E-state index contributed by atoms with van der Waals surface area (Å²) in [6.45, 7) is 0. The molecule has 2 rings (SSSR count). The van der Waals surface area contributed by atoms with Gasteiger partial charge in [-0.05, 0) is 23.8 Å². The van der Waals surface area contributed by atoms with E-state index < -0.39 is 0 Å². The van der Waals surface area contributed by atoms with Gasteiger partial charge in [-0.15, -0.1) is 0 Å². The lowest BCUT2D eigenvalue weighted by atomic mass is 10.0. The number of hydrogen-bond acceptors (Lipinski definition) is 2. The largest absolute Gasteiger partial charge is 0.264 e. The van der Waals surface area contributed by atoms with Crippen LogP contribution in [-0.4, -0.2) is 4.98 Å². The van der Waals surface area contributed by atoms with Crippen LogP contribution in [0.1, 0.15) is 5.56 Å². The molecule has 0 unspecified atom stereocenters. The van der Waals surface area contributed by atoms with E-state index >= 15 is 0 Å².